The quantitative estimate of drug-likeness (QED) is 0.582. The summed E-state index contributed by atoms with van der Waals surface area (Å²) in [5, 5.41) is 21.2. The van der Waals surface area contributed by atoms with Gasteiger partial charge in [0.25, 0.3) is 5.56 Å². The van der Waals surface area contributed by atoms with Crippen LogP contribution in [0.15, 0.2) is 40.1 Å². The number of H-pyrrole nitrogens is 1. The van der Waals surface area contributed by atoms with Crippen LogP contribution in [0.4, 0.5) is 5.69 Å². The third-order valence-corrected chi connectivity index (χ3v) is 4.13. The highest BCUT2D eigenvalue weighted by atomic mass is 16.6. The molecule has 3 rings (SSSR count). The summed E-state index contributed by atoms with van der Waals surface area (Å²) >= 11 is 0. The van der Waals surface area contributed by atoms with Crippen molar-refractivity contribution in [1.29, 1.82) is 0 Å². The molecule has 10 nitrogen and oxygen atoms in total. The fraction of sp³-hybridized carbons (Fsp3) is 0.375. The first kappa shape index (κ1) is 17.8. The van der Waals surface area contributed by atoms with E-state index in [0.29, 0.717) is 5.56 Å². The summed E-state index contributed by atoms with van der Waals surface area (Å²) in [6.45, 7) is 1.43. The summed E-state index contributed by atoms with van der Waals surface area (Å²) in [6.07, 6.45) is -0.992. The van der Waals surface area contributed by atoms with Crippen molar-refractivity contribution >= 4 is 5.69 Å². The van der Waals surface area contributed by atoms with Gasteiger partial charge in [-0.1, -0.05) is 12.1 Å². The molecule has 0 aliphatic carbocycles. The Balaban J connectivity index is 1.72. The van der Waals surface area contributed by atoms with E-state index in [4.69, 9.17) is 9.47 Å². The lowest BCUT2D eigenvalue weighted by Crippen LogP contribution is -2.33. The Morgan fingerprint density at radius 2 is 2.15 bits per heavy atom. The standard InChI is InChI=1S/C16H17N3O7/c1-9-7-18(16(22)17-15(9)21)14-6-11(20)13(26-14)8-25-12-5-3-2-4-10(12)19(23)24/h2-5,7,11,13-14,20H,6,8H2,1H3,(H,17,21,22)/t11-,13+,14+/m0/s1. The van der Waals surface area contributed by atoms with Crippen molar-refractivity contribution in [2.45, 2.75) is 31.8 Å². The van der Waals surface area contributed by atoms with E-state index in [1.54, 1.807) is 13.0 Å². The molecule has 26 heavy (non-hydrogen) atoms. The molecule has 0 bridgehead atoms. The van der Waals surface area contributed by atoms with Crippen molar-refractivity contribution < 1.29 is 19.5 Å². The molecule has 0 radical (unpaired) electrons. The van der Waals surface area contributed by atoms with Gasteiger partial charge in [-0.2, -0.15) is 0 Å². The van der Waals surface area contributed by atoms with E-state index in [2.05, 4.69) is 4.98 Å². The van der Waals surface area contributed by atoms with E-state index in [1.807, 2.05) is 0 Å². The number of hydrogen-bond donors (Lipinski definition) is 2. The summed E-state index contributed by atoms with van der Waals surface area (Å²) < 4.78 is 12.3. The van der Waals surface area contributed by atoms with E-state index >= 15 is 0 Å². The average Bonchev–Trinajstić information content (AvgIpc) is 2.97. The van der Waals surface area contributed by atoms with Gasteiger partial charge in [-0.15, -0.1) is 0 Å². The van der Waals surface area contributed by atoms with Crippen molar-refractivity contribution in [2.24, 2.45) is 0 Å². The predicted molar refractivity (Wildman–Crippen MR) is 89.2 cm³/mol. The number of rotatable bonds is 5. The number of aromatic nitrogens is 2. The number of aliphatic hydroxyl groups excluding tert-OH is 1. The van der Waals surface area contributed by atoms with Gasteiger partial charge in [0.1, 0.15) is 18.9 Å². The lowest BCUT2D eigenvalue weighted by molar-refractivity contribution is -0.386. The number of nitro benzene ring substituents is 1. The van der Waals surface area contributed by atoms with Crippen LogP contribution in [0, 0.1) is 17.0 Å². The van der Waals surface area contributed by atoms with Gasteiger partial charge in [-0.25, -0.2) is 4.79 Å². The molecule has 1 fully saturated rings. The minimum atomic E-state index is -0.929. The molecule has 2 aromatic rings. The maximum Gasteiger partial charge on any atom is 0.330 e. The Morgan fingerprint density at radius 1 is 1.42 bits per heavy atom. The van der Waals surface area contributed by atoms with Gasteiger partial charge in [0.15, 0.2) is 5.75 Å². The highest BCUT2D eigenvalue weighted by Gasteiger charge is 2.36. The number of aryl methyl sites for hydroxylation is 1. The molecule has 0 saturated carbocycles. The molecule has 0 amide bonds. The van der Waals surface area contributed by atoms with E-state index in [1.165, 1.54) is 29.0 Å². The highest BCUT2D eigenvalue weighted by molar-refractivity contribution is 5.45. The second-order valence-corrected chi connectivity index (χ2v) is 5.95. The monoisotopic (exact) mass is 363 g/mol. The summed E-state index contributed by atoms with van der Waals surface area (Å²) in [6, 6.07) is 5.88. The second-order valence-electron chi connectivity index (χ2n) is 5.95. The Hall–Kier alpha value is -2.98. The Labute approximate surface area is 146 Å². The fourth-order valence-electron chi connectivity index (χ4n) is 2.74. The fourth-order valence-corrected chi connectivity index (χ4v) is 2.74. The number of aromatic amines is 1. The number of nitrogens with zero attached hydrogens (tertiary/aromatic N) is 2. The van der Waals surface area contributed by atoms with Crippen LogP contribution in [-0.2, 0) is 4.74 Å². The number of ether oxygens (including phenoxy) is 2. The number of nitro groups is 1. The van der Waals surface area contributed by atoms with Crippen molar-refractivity contribution in [3.05, 3.63) is 67.0 Å². The first-order valence-electron chi connectivity index (χ1n) is 7.88. The van der Waals surface area contributed by atoms with E-state index in [-0.39, 0.29) is 24.5 Å². The van der Waals surface area contributed by atoms with Crippen LogP contribution in [0.25, 0.3) is 0 Å². The van der Waals surface area contributed by atoms with Crippen LogP contribution in [0.2, 0.25) is 0 Å². The minimum Gasteiger partial charge on any atom is -0.484 e. The van der Waals surface area contributed by atoms with Gasteiger partial charge >= 0.3 is 11.4 Å². The average molecular weight is 363 g/mol. The normalized spacial score (nSPS) is 22.3. The van der Waals surface area contributed by atoms with Gasteiger partial charge < -0.3 is 14.6 Å². The number of hydrogen-bond acceptors (Lipinski definition) is 7. The Morgan fingerprint density at radius 3 is 2.88 bits per heavy atom. The molecular formula is C16H17N3O7. The topological polar surface area (TPSA) is 137 Å². The summed E-state index contributed by atoms with van der Waals surface area (Å²) in [5.41, 5.74) is -0.981. The largest absolute Gasteiger partial charge is 0.484 e. The molecule has 1 aromatic carbocycles. The lowest BCUT2D eigenvalue weighted by Gasteiger charge is -2.17. The third-order valence-electron chi connectivity index (χ3n) is 4.13. The Bertz CT molecular complexity index is 936. The zero-order chi connectivity index (χ0) is 18.8. The molecule has 1 aliphatic rings. The van der Waals surface area contributed by atoms with E-state index in [9.17, 15) is 24.8 Å². The van der Waals surface area contributed by atoms with Crippen molar-refractivity contribution in [1.82, 2.24) is 9.55 Å². The molecule has 0 spiro atoms. The van der Waals surface area contributed by atoms with Gasteiger partial charge in [0.2, 0.25) is 0 Å². The van der Waals surface area contributed by atoms with Crippen LogP contribution >= 0.6 is 0 Å². The lowest BCUT2D eigenvalue weighted by atomic mass is 10.2. The Kier molecular flexibility index (Phi) is 4.87. The zero-order valence-corrected chi connectivity index (χ0v) is 13.8. The summed E-state index contributed by atoms with van der Waals surface area (Å²) in [5.74, 6) is 0.0637. The van der Waals surface area contributed by atoms with Gasteiger partial charge in [-0.05, 0) is 13.0 Å². The SMILES string of the molecule is Cc1cn([C@H]2C[C@H](O)[C@@H](COc3ccccc3[N+](=O)[O-])O2)c(=O)[nH]c1=O. The first-order valence-corrected chi connectivity index (χ1v) is 7.88. The van der Waals surface area contributed by atoms with Gasteiger partial charge in [-0.3, -0.25) is 24.5 Å². The number of para-hydroxylation sites is 2. The molecule has 138 valence electrons. The predicted octanol–water partition coefficient (Wildman–Crippen LogP) is 0.481. The van der Waals surface area contributed by atoms with Crippen LogP contribution in [0.5, 0.6) is 5.75 Å². The molecule has 10 heteroatoms. The number of aliphatic hydroxyl groups is 1. The molecule has 2 N–H and O–H groups in total. The minimum absolute atomic E-state index is 0.0637. The molecule has 1 saturated heterocycles. The highest BCUT2D eigenvalue weighted by Crippen LogP contribution is 2.30. The van der Waals surface area contributed by atoms with Crippen LogP contribution in [-0.4, -0.2) is 38.4 Å². The van der Waals surface area contributed by atoms with Crippen LogP contribution in [0.1, 0.15) is 18.2 Å². The molecule has 0 unspecified atom stereocenters. The maximum atomic E-state index is 11.9. The second kappa shape index (κ2) is 7.10. The zero-order valence-electron chi connectivity index (χ0n) is 13.8. The molecule has 1 aliphatic heterocycles. The smallest absolute Gasteiger partial charge is 0.330 e. The van der Waals surface area contributed by atoms with Crippen molar-refractivity contribution in [3.8, 4) is 5.75 Å². The van der Waals surface area contributed by atoms with Crippen LogP contribution in [0.3, 0.4) is 0 Å². The first-order chi connectivity index (χ1) is 12.4. The maximum absolute atomic E-state index is 11.9. The van der Waals surface area contributed by atoms with E-state index < -0.39 is 34.6 Å². The molecule has 1 aromatic heterocycles. The molecule has 3 atom stereocenters. The summed E-state index contributed by atoms with van der Waals surface area (Å²) in [7, 11) is 0. The molecule has 2 heterocycles. The van der Waals surface area contributed by atoms with Crippen molar-refractivity contribution in [3.63, 3.8) is 0 Å². The van der Waals surface area contributed by atoms with Crippen LogP contribution < -0.4 is 16.0 Å². The van der Waals surface area contributed by atoms with Gasteiger partial charge in [0.05, 0.1) is 11.0 Å². The van der Waals surface area contributed by atoms with Crippen molar-refractivity contribution in [2.75, 3.05) is 6.61 Å². The van der Waals surface area contributed by atoms with E-state index in [0.717, 1.165) is 0 Å². The third kappa shape index (κ3) is 3.51. The van der Waals surface area contributed by atoms with Gasteiger partial charge in [0, 0.05) is 24.2 Å². The summed E-state index contributed by atoms with van der Waals surface area (Å²) in [4.78, 5) is 36.0. The molecular weight excluding hydrogens is 346 g/mol. The number of nitrogens with one attached hydrogen (secondary N) is 1. The number of benzene rings is 1.